The first kappa shape index (κ1) is 15.6. The lowest BCUT2D eigenvalue weighted by atomic mass is 9.99. The first-order valence-electron chi connectivity index (χ1n) is 7.56. The van der Waals surface area contributed by atoms with Crippen LogP contribution in [0.1, 0.15) is 36.1 Å². The zero-order chi connectivity index (χ0) is 15.4. The molecule has 0 saturated carbocycles. The van der Waals surface area contributed by atoms with Crippen LogP contribution in [-0.4, -0.2) is 16.2 Å². The molecule has 0 aliphatic rings. The molecule has 0 saturated heterocycles. The van der Waals surface area contributed by atoms with E-state index < -0.39 is 0 Å². The van der Waals surface area contributed by atoms with Crippen molar-refractivity contribution in [1.82, 2.24) is 14.5 Å². The van der Waals surface area contributed by atoms with E-state index in [0.717, 1.165) is 13.0 Å². The molecule has 0 spiro atoms. The van der Waals surface area contributed by atoms with Gasteiger partial charge in [0.2, 0.25) is 0 Å². The normalized spacial score (nSPS) is 12.6. The topological polar surface area (TPSA) is 39.0 Å². The van der Waals surface area contributed by atoms with Crippen molar-refractivity contribution in [3.05, 3.63) is 57.8 Å². The molecule has 1 atom stereocenters. The van der Waals surface area contributed by atoms with Crippen LogP contribution < -0.4 is 11.0 Å². The van der Waals surface area contributed by atoms with Crippen molar-refractivity contribution in [3.8, 4) is 0 Å². The molecule has 0 bridgehead atoms. The molecule has 1 aromatic heterocycles. The van der Waals surface area contributed by atoms with Crippen molar-refractivity contribution in [3.63, 3.8) is 0 Å². The SMILES string of the molecule is CCCn1ccn(CC(NC)c2ccc(C)cc2C)c1=O. The number of hydrogen-bond donors (Lipinski definition) is 1. The summed E-state index contributed by atoms with van der Waals surface area (Å²) in [7, 11) is 1.94. The van der Waals surface area contributed by atoms with Gasteiger partial charge >= 0.3 is 5.69 Å². The summed E-state index contributed by atoms with van der Waals surface area (Å²) in [6.07, 6.45) is 4.73. The lowest BCUT2D eigenvalue weighted by Crippen LogP contribution is -2.30. The van der Waals surface area contributed by atoms with Crippen molar-refractivity contribution >= 4 is 0 Å². The van der Waals surface area contributed by atoms with E-state index in [1.807, 2.05) is 19.4 Å². The Labute approximate surface area is 126 Å². The van der Waals surface area contributed by atoms with Crippen LogP contribution in [0.25, 0.3) is 0 Å². The van der Waals surface area contributed by atoms with Gasteiger partial charge in [-0.2, -0.15) is 0 Å². The molecule has 21 heavy (non-hydrogen) atoms. The van der Waals surface area contributed by atoms with Gasteiger partial charge in [0.1, 0.15) is 0 Å². The molecule has 4 nitrogen and oxygen atoms in total. The van der Waals surface area contributed by atoms with Crippen LogP contribution >= 0.6 is 0 Å². The van der Waals surface area contributed by atoms with Crippen LogP contribution in [0.5, 0.6) is 0 Å². The number of rotatable bonds is 6. The van der Waals surface area contributed by atoms with Crippen LogP contribution in [0.15, 0.2) is 35.4 Å². The lowest BCUT2D eigenvalue weighted by molar-refractivity contribution is 0.481. The molecule has 1 N–H and O–H groups in total. The molecule has 0 aliphatic carbocycles. The first-order valence-corrected chi connectivity index (χ1v) is 7.56. The van der Waals surface area contributed by atoms with E-state index in [9.17, 15) is 4.79 Å². The lowest BCUT2D eigenvalue weighted by Gasteiger charge is -2.19. The number of aromatic nitrogens is 2. The number of likely N-dealkylation sites (N-methyl/N-ethyl adjacent to an activating group) is 1. The van der Waals surface area contributed by atoms with E-state index >= 15 is 0 Å². The largest absolute Gasteiger partial charge is 0.328 e. The van der Waals surface area contributed by atoms with Crippen LogP contribution in [0.3, 0.4) is 0 Å². The summed E-state index contributed by atoms with van der Waals surface area (Å²) in [6.45, 7) is 7.73. The summed E-state index contributed by atoms with van der Waals surface area (Å²) in [5.74, 6) is 0. The number of benzene rings is 1. The summed E-state index contributed by atoms with van der Waals surface area (Å²) >= 11 is 0. The van der Waals surface area contributed by atoms with Crippen molar-refractivity contribution in [1.29, 1.82) is 0 Å². The summed E-state index contributed by atoms with van der Waals surface area (Å²) in [5, 5.41) is 3.33. The number of imidazole rings is 1. The van der Waals surface area contributed by atoms with Crippen LogP contribution in [0.2, 0.25) is 0 Å². The van der Waals surface area contributed by atoms with E-state index in [-0.39, 0.29) is 11.7 Å². The molecule has 114 valence electrons. The minimum Gasteiger partial charge on any atom is -0.312 e. The fourth-order valence-electron chi connectivity index (χ4n) is 2.76. The van der Waals surface area contributed by atoms with Gasteiger partial charge in [-0.15, -0.1) is 0 Å². The van der Waals surface area contributed by atoms with Gasteiger partial charge in [0.25, 0.3) is 0 Å². The Morgan fingerprint density at radius 2 is 1.90 bits per heavy atom. The maximum Gasteiger partial charge on any atom is 0.328 e. The summed E-state index contributed by atoms with van der Waals surface area (Å²) < 4.78 is 3.56. The summed E-state index contributed by atoms with van der Waals surface area (Å²) in [4.78, 5) is 12.3. The fourth-order valence-corrected chi connectivity index (χ4v) is 2.76. The Morgan fingerprint density at radius 3 is 2.52 bits per heavy atom. The molecular formula is C17H25N3O. The van der Waals surface area contributed by atoms with Gasteiger partial charge in [0.15, 0.2) is 0 Å². The Kier molecular flexibility index (Phi) is 5.02. The minimum atomic E-state index is 0.0712. The van der Waals surface area contributed by atoms with E-state index in [0.29, 0.717) is 6.54 Å². The third-order valence-corrected chi connectivity index (χ3v) is 3.91. The maximum atomic E-state index is 12.3. The number of nitrogens with zero attached hydrogens (tertiary/aromatic N) is 2. The number of hydrogen-bond acceptors (Lipinski definition) is 2. The van der Waals surface area contributed by atoms with Crippen molar-refractivity contribution in [2.75, 3.05) is 7.05 Å². The zero-order valence-electron chi connectivity index (χ0n) is 13.4. The van der Waals surface area contributed by atoms with Crippen molar-refractivity contribution < 1.29 is 0 Å². The summed E-state index contributed by atoms with van der Waals surface area (Å²) in [5.41, 5.74) is 3.84. The Hall–Kier alpha value is -1.81. The quantitative estimate of drug-likeness (QED) is 0.887. The molecule has 2 rings (SSSR count). The van der Waals surface area contributed by atoms with Gasteiger partial charge in [-0.05, 0) is 38.4 Å². The maximum absolute atomic E-state index is 12.3. The third kappa shape index (κ3) is 3.45. The predicted molar refractivity (Wildman–Crippen MR) is 86.7 cm³/mol. The second kappa shape index (κ2) is 6.76. The number of aryl methyl sites for hydroxylation is 3. The van der Waals surface area contributed by atoms with E-state index in [2.05, 4.69) is 44.3 Å². The second-order valence-electron chi connectivity index (χ2n) is 5.63. The molecule has 1 aromatic carbocycles. The highest BCUT2D eigenvalue weighted by Crippen LogP contribution is 2.20. The molecule has 1 heterocycles. The van der Waals surface area contributed by atoms with E-state index in [1.165, 1.54) is 16.7 Å². The van der Waals surface area contributed by atoms with Gasteiger partial charge in [0, 0.05) is 25.5 Å². The average molecular weight is 287 g/mol. The Balaban J connectivity index is 2.25. The first-order chi connectivity index (χ1) is 10.1. The van der Waals surface area contributed by atoms with Gasteiger partial charge in [0.05, 0.1) is 6.04 Å². The highest BCUT2D eigenvalue weighted by molar-refractivity contribution is 5.32. The van der Waals surface area contributed by atoms with Crippen LogP contribution in [-0.2, 0) is 13.1 Å². The van der Waals surface area contributed by atoms with Crippen molar-refractivity contribution in [2.45, 2.75) is 46.3 Å². The predicted octanol–water partition coefficient (Wildman–Crippen LogP) is 2.64. The van der Waals surface area contributed by atoms with Gasteiger partial charge in [-0.3, -0.25) is 9.13 Å². The molecular weight excluding hydrogens is 262 g/mol. The average Bonchev–Trinajstić information content (AvgIpc) is 2.79. The molecule has 1 unspecified atom stereocenters. The van der Waals surface area contributed by atoms with Crippen molar-refractivity contribution in [2.24, 2.45) is 0 Å². The highest BCUT2D eigenvalue weighted by atomic mass is 16.1. The summed E-state index contributed by atoms with van der Waals surface area (Å²) in [6, 6.07) is 6.60. The smallest absolute Gasteiger partial charge is 0.312 e. The molecule has 4 heteroatoms. The Morgan fingerprint density at radius 1 is 1.19 bits per heavy atom. The van der Waals surface area contributed by atoms with Gasteiger partial charge < -0.3 is 5.32 Å². The molecule has 0 amide bonds. The standard InChI is InChI=1S/C17H25N3O/c1-5-8-19-9-10-20(17(19)21)12-16(18-4)15-7-6-13(2)11-14(15)3/h6-7,9-11,16,18H,5,8,12H2,1-4H3. The molecule has 0 fully saturated rings. The zero-order valence-corrected chi connectivity index (χ0v) is 13.4. The number of nitrogens with one attached hydrogen (secondary N) is 1. The third-order valence-electron chi connectivity index (χ3n) is 3.91. The Bertz CT molecular complexity index is 654. The van der Waals surface area contributed by atoms with Crippen LogP contribution in [0, 0.1) is 13.8 Å². The van der Waals surface area contributed by atoms with Gasteiger partial charge in [-0.1, -0.05) is 30.7 Å². The van der Waals surface area contributed by atoms with Gasteiger partial charge in [-0.25, -0.2) is 4.79 Å². The molecule has 0 radical (unpaired) electrons. The highest BCUT2D eigenvalue weighted by Gasteiger charge is 2.14. The molecule has 2 aromatic rings. The van der Waals surface area contributed by atoms with Crippen LogP contribution in [0.4, 0.5) is 0 Å². The van der Waals surface area contributed by atoms with E-state index in [4.69, 9.17) is 0 Å². The second-order valence-corrected chi connectivity index (χ2v) is 5.63. The monoisotopic (exact) mass is 287 g/mol. The molecule has 0 aliphatic heterocycles. The van der Waals surface area contributed by atoms with E-state index in [1.54, 1.807) is 9.13 Å². The fraction of sp³-hybridized carbons (Fsp3) is 0.471. The minimum absolute atomic E-state index is 0.0712.